The molecule has 0 fully saturated rings. The number of halogens is 6. The van der Waals surface area contributed by atoms with Crippen molar-refractivity contribution in [3.05, 3.63) is 34.4 Å². The zero-order valence-electron chi connectivity index (χ0n) is 8.86. The Balaban J connectivity index is 3.50. The third kappa shape index (κ3) is 3.72. The zero-order chi connectivity index (χ0) is 13.2. The van der Waals surface area contributed by atoms with Gasteiger partial charge in [-0.2, -0.15) is 0 Å². The molecule has 0 atom stereocenters. The molecule has 0 aliphatic heterocycles. The molecule has 17 heavy (non-hydrogen) atoms. The number of hydrogen-bond donors (Lipinski definition) is 0. The summed E-state index contributed by atoms with van der Waals surface area (Å²) in [4.78, 5) is -2.03. The molecule has 1 aromatic rings. The fraction of sp³-hybridized carbons (Fsp3) is 0.455. The summed E-state index contributed by atoms with van der Waals surface area (Å²) in [5.41, 5.74) is 3.08. The van der Waals surface area contributed by atoms with Crippen molar-refractivity contribution in [2.75, 3.05) is 0 Å². The van der Waals surface area contributed by atoms with Gasteiger partial charge in [-0.15, -0.1) is 69.6 Å². The van der Waals surface area contributed by atoms with Crippen molar-refractivity contribution >= 4 is 69.6 Å². The summed E-state index contributed by atoms with van der Waals surface area (Å²) in [7, 11) is 0. The molecule has 0 amide bonds. The minimum absolute atomic E-state index is 0.631. The van der Waals surface area contributed by atoms with Crippen molar-refractivity contribution in [3.63, 3.8) is 0 Å². The first kappa shape index (κ1) is 16.0. The van der Waals surface area contributed by atoms with Crippen molar-refractivity contribution in [1.82, 2.24) is 0 Å². The quantitative estimate of drug-likeness (QED) is 0.529. The molecular weight excluding hydrogens is 345 g/mol. The van der Waals surface area contributed by atoms with E-state index in [1.165, 1.54) is 0 Å². The molecule has 0 aliphatic carbocycles. The molecule has 0 aromatic heterocycles. The zero-order valence-corrected chi connectivity index (χ0v) is 13.4. The average Bonchev–Trinajstić information content (AvgIpc) is 2.26. The maximum Gasteiger partial charge on any atom is 0.133 e. The summed E-state index contributed by atoms with van der Waals surface area (Å²) in [5, 5.41) is 0. The van der Waals surface area contributed by atoms with Gasteiger partial charge in [0.15, 0.2) is 0 Å². The third-order valence-corrected chi connectivity index (χ3v) is 3.85. The van der Waals surface area contributed by atoms with Crippen LogP contribution in [-0.4, -0.2) is 0 Å². The summed E-state index contributed by atoms with van der Waals surface area (Å²) >= 11 is 35.6. The highest BCUT2D eigenvalue weighted by Gasteiger charge is 2.22. The van der Waals surface area contributed by atoms with E-state index in [-0.39, 0.29) is 0 Å². The normalized spacial score (nSPS) is 11.9. The smallest absolute Gasteiger partial charge is 0.100 e. The van der Waals surface area contributed by atoms with Crippen LogP contribution < -0.4 is 0 Å². The summed E-state index contributed by atoms with van der Waals surface area (Å²) in [6, 6.07) is 3.56. The van der Waals surface area contributed by atoms with Gasteiger partial charge in [0.1, 0.15) is 14.5 Å². The van der Waals surface area contributed by atoms with Gasteiger partial charge in [0.25, 0.3) is 0 Å². The number of rotatable bonds is 4. The van der Waals surface area contributed by atoms with Gasteiger partial charge in [-0.05, 0) is 28.7 Å². The maximum absolute atomic E-state index is 5.97. The molecule has 0 saturated heterocycles. The maximum atomic E-state index is 5.97. The summed E-state index contributed by atoms with van der Waals surface area (Å²) in [6.45, 7) is 1.97. The van der Waals surface area contributed by atoms with Gasteiger partial charge in [-0.25, -0.2) is 0 Å². The fourth-order valence-corrected chi connectivity index (χ4v) is 3.05. The number of alkyl halides is 6. The average molecular weight is 355 g/mol. The molecule has 1 rings (SSSR count). The van der Waals surface area contributed by atoms with E-state index in [2.05, 4.69) is 0 Å². The monoisotopic (exact) mass is 352 g/mol. The Labute approximate surface area is 131 Å². The van der Waals surface area contributed by atoms with Gasteiger partial charge in [0.2, 0.25) is 0 Å². The summed E-state index contributed by atoms with van der Waals surface area (Å²) < 4.78 is 0. The molecule has 0 aliphatic rings. The van der Waals surface area contributed by atoms with Crippen LogP contribution in [0.1, 0.15) is 43.7 Å². The highest BCUT2D eigenvalue weighted by atomic mass is 35.5. The molecule has 0 bridgehead atoms. The Morgan fingerprint density at radius 3 is 1.65 bits per heavy atom. The Kier molecular flexibility index (Phi) is 6.53. The SMILES string of the molecule is CCc1c(C(Cl)Cl)ccc(C(Cl)Cl)c1C(Cl)Cl. The third-order valence-electron chi connectivity index (χ3n) is 2.47. The van der Waals surface area contributed by atoms with Gasteiger partial charge in [-0.1, -0.05) is 19.1 Å². The van der Waals surface area contributed by atoms with E-state index < -0.39 is 14.5 Å². The van der Waals surface area contributed by atoms with Crippen LogP contribution in [0.15, 0.2) is 12.1 Å². The molecule has 0 nitrogen and oxygen atoms in total. The predicted octanol–water partition coefficient (Wildman–Crippen LogP) is 6.68. The van der Waals surface area contributed by atoms with Crippen molar-refractivity contribution in [3.8, 4) is 0 Å². The van der Waals surface area contributed by atoms with Crippen LogP contribution in [0, 0.1) is 0 Å². The first-order valence-corrected chi connectivity index (χ1v) is 7.52. The Morgan fingerprint density at radius 2 is 1.29 bits per heavy atom. The lowest BCUT2D eigenvalue weighted by Gasteiger charge is -2.19. The second-order valence-electron chi connectivity index (χ2n) is 3.39. The van der Waals surface area contributed by atoms with Crippen molar-refractivity contribution in [2.24, 2.45) is 0 Å². The molecule has 96 valence electrons. The molecule has 0 spiro atoms. The Hall–Kier alpha value is 0.960. The molecular formula is C11H10Cl6. The van der Waals surface area contributed by atoms with Crippen LogP contribution in [0.5, 0.6) is 0 Å². The van der Waals surface area contributed by atoms with Gasteiger partial charge in [0.05, 0.1) is 0 Å². The number of hydrogen-bond acceptors (Lipinski definition) is 0. The lowest BCUT2D eigenvalue weighted by atomic mass is 9.96. The largest absolute Gasteiger partial charge is 0.133 e. The van der Waals surface area contributed by atoms with Crippen LogP contribution in [0.2, 0.25) is 0 Å². The van der Waals surface area contributed by atoms with E-state index in [4.69, 9.17) is 69.6 Å². The minimum atomic E-state index is -0.716. The van der Waals surface area contributed by atoms with Crippen LogP contribution in [0.25, 0.3) is 0 Å². The lowest BCUT2D eigenvalue weighted by Crippen LogP contribution is -2.04. The van der Waals surface area contributed by atoms with E-state index in [0.29, 0.717) is 17.5 Å². The van der Waals surface area contributed by atoms with E-state index in [0.717, 1.165) is 11.1 Å². The molecule has 0 saturated carbocycles. The summed E-state index contributed by atoms with van der Waals surface area (Å²) in [5.74, 6) is 0. The van der Waals surface area contributed by atoms with Gasteiger partial charge in [0, 0.05) is 0 Å². The van der Waals surface area contributed by atoms with Crippen LogP contribution in [0.4, 0.5) is 0 Å². The summed E-state index contributed by atoms with van der Waals surface area (Å²) in [6.07, 6.45) is 0.699. The predicted molar refractivity (Wildman–Crippen MR) is 79.2 cm³/mol. The van der Waals surface area contributed by atoms with Gasteiger partial charge in [-0.3, -0.25) is 0 Å². The molecule has 0 heterocycles. The Bertz CT molecular complexity index is 386. The number of benzene rings is 1. The van der Waals surface area contributed by atoms with Crippen LogP contribution in [0.3, 0.4) is 0 Å². The Morgan fingerprint density at radius 1 is 0.824 bits per heavy atom. The van der Waals surface area contributed by atoms with E-state index in [1.807, 2.05) is 6.92 Å². The highest BCUT2D eigenvalue weighted by molar-refractivity contribution is 6.46. The molecule has 1 aromatic carbocycles. The van der Waals surface area contributed by atoms with Gasteiger partial charge >= 0.3 is 0 Å². The van der Waals surface area contributed by atoms with Crippen LogP contribution >= 0.6 is 69.6 Å². The lowest BCUT2D eigenvalue weighted by molar-refractivity contribution is 1.03. The first-order valence-electron chi connectivity index (χ1n) is 4.90. The minimum Gasteiger partial charge on any atom is -0.100 e. The second-order valence-corrected chi connectivity index (χ2v) is 6.68. The van der Waals surface area contributed by atoms with Crippen molar-refractivity contribution < 1.29 is 0 Å². The fourth-order valence-electron chi connectivity index (χ4n) is 1.75. The van der Waals surface area contributed by atoms with Gasteiger partial charge < -0.3 is 0 Å². The molecule has 0 unspecified atom stereocenters. The van der Waals surface area contributed by atoms with Crippen molar-refractivity contribution in [1.29, 1.82) is 0 Å². The van der Waals surface area contributed by atoms with E-state index >= 15 is 0 Å². The second kappa shape index (κ2) is 6.93. The van der Waals surface area contributed by atoms with Crippen molar-refractivity contribution in [2.45, 2.75) is 27.9 Å². The highest BCUT2D eigenvalue weighted by Crippen LogP contribution is 2.42. The molecule has 0 N–H and O–H groups in total. The molecule has 6 heteroatoms. The topological polar surface area (TPSA) is 0 Å². The standard InChI is InChI=1S/C11H10Cl6/c1-2-5-6(9(12)13)3-4-7(10(14)15)8(5)11(16)17/h3-4,9-11H,2H2,1H3. The van der Waals surface area contributed by atoms with E-state index in [9.17, 15) is 0 Å². The molecule has 0 radical (unpaired) electrons. The van der Waals surface area contributed by atoms with E-state index in [1.54, 1.807) is 12.1 Å². The van der Waals surface area contributed by atoms with Crippen LogP contribution in [-0.2, 0) is 6.42 Å². The first-order chi connectivity index (χ1) is 7.90.